The van der Waals surface area contributed by atoms with E-state index in [4.69, 9.17) is 19.5 Å². The van der Waals surface area contributed by atoms with Crippen LogP contribution in [0.3, 0.4) is 0 Å². The lowest BCUT2D eigenvalue weighted by Crippen LogP contribution is -2.11. The van der Waals surface area contributed by atoms with Gasteiger partial charge in [0.05, 0.1) is 5.69 Å². The molecule has 0 fully saturated rings. The van der Waals surface area contributed by atoms with E-state index in [1.54, 1.807) is 12.1 Å². The van der Waals surface area contributed by atoms with Crippen LogP contribution in [0.1, 0.15) is 36.8 Å². The summed E-state index contributed by atoms with van der Waals surface area (Å²) in [6, 6.07) is 24.3. The molecule has 1 N–H and O–H groups in total. The van der Waals surface area contributed by atoms with Crippen molar-refractivity contribution in [3.8, 4) is 23.3 Å². The maximum atomic E-state index is 12.4. The lowest BCUT2D eigenvalue weighted by atomic mass is 10.1. The smallest absolute Gasteiger partial charge is 0.189 e. The van der Waals surface area contributed by atoms with Crippen molar-refractivity contribution in [3.05, 3.63) is 99.8 Å². The first kappa shape index (κ1) is 22.9. The molecule has 0 aliphatic carbocycles. The molecule has 4 aromatic rings. The van der Waals surface area contributed by atoms with Gasteiger partial charge in [-0.2, -0.15) is 5.26 Å². The number of hydrogen-bond acceptors (Lipinski definition) is 5. The molecule has 172 valence electrons. The second kappa shape index (κ2) is 10.6. The summed E-state index contributed by atoms with van der Waals surface area (Å²) in [7, 11) is 0. The monoisotopic (exact) mass is 454 g/mol. The summed E-state index contributed by atoms with van der Waals surface area (Å²) in [6.45, 7) is 4.22. The second-order valence-electron chi connectivity index (χ2n) is 7.86. The summed E-state index contributed by atoms with van der Waals surface area (Å²) < 4.78 is 17.8. The van der Waals surface area contributed by atoms with E-state index < -0.39 is 0 Å². The van der Waals surface area contributed by atoms with Gasteiger partial charge in [0.15, 0.2) is 12.0 Å². The summed E-state index contributed by atoms with van der Waals surface area (Å²) >= 11 is 0. The van der Waals surface area contributed by atoms with Gasteiger partial charge in [-0.25, -0.2) is 0 Å². The number of nitrogens with one attached hydrogen (secondary N) is 1. The van der Waals surface area contributed by atoms with E-state index >= 15 is 0 Å². The first-order valence-corrected chi connectivity index (χ1v) is 11.2. The Hall–Kier alpha value is -4.24. The van der Waals surface area contributed by atoms with Gasteiger partial charge in [-0.3, -0.25) is 4.79 Å². The van der Waals surface area contributed by atoms with Crippen LogP contribution in [0, 0.1) is 11.3 Å². The van der Waals surface area contributed by atoms with Crippen molar-refractivity contribution in [2.24, 2.45) is 0 Å². The Labute approximate surface area is 198 Å². The molecule has 0 saturated heterocycles. The van der Waals surface area contributed by atoms with Gasteiger partial charge in [-0.15, -0.1) is 0 Å². The number of ether oxygens (including phenoxy) is 3. The number of fused-ring (bicyclic) bond motifs is 1. The molecule has 0 spiro atoms. The van der Waals surface area contributed by atoms with Gasteiger partial charge in [-0.05, 0) is 43.2 Å². The maximum Gasteiger partial charge on any atom is 0.189 e. The number of H-pyrrole nitrogens is 1. The first-order valence-electron chi connectivity index (χ1n) is 11.2. The molecule has 1 atom stereocenters. The minimum atomic E-state index is -0.361. The van der Waals surface area contributed by atoms with Crippen LogP contribution < -0.4 is 19.6 Å². The van der Waals surface area contributed by atoms with E-state index in [0.717, 1.165) is 23.1 Å². The van der Waals surface area contributed by atoms with Gasteiger partial charge < -0.3 is 19.2 Å². The molecule has 4 rings (SSSR count). The maximum absolute atomic E-state index is 12.4. The molecule has 1 heterocycles. The van der Waals surface area contributed by atoms with Crippen LogP contribution in [0.4, 0.5) is 0 Å². The second-order valence-corrected chi connectivity index (χ2v) is 7.86. The first-order chi connectivity index (χ1) is 16.6. The van der Waals surface area contributed by atoms with Gasteiger partial charge in [-0.1, -0.05) is 43.3 Å². The molecule has 0 saturated carbocycles. The molecule has 1 unspecified atom stereocenters. The Bertz CT molecular complexity index is 1390. The van der Waals surface area contributed by atoms with Crippen LogP contribution >= 0.6 is 0 Å². The third-order valence-corrected chi connectivity index (χ3v) is 5.55. The molecule has 0 radical (unpaired) electrons. The van der Waals surface area contributed by atoms with Gasteiger partial charge in [0, 0.05) is 28.6 Å². The number of hydrogen-bond donors (Lipinski definition) is 1. The fourth-order valence-corrected chi connectivity index (χ4v) is 3.82. The van der Waals surface area contributed by atoms with Crippen LogP contribution in [0.2, 0.25) is 0 Å². The number of aromatic amines is 1. The summed E-state index contributed by atoms with van der Waals surface area (Å²) in [4.78, 5) is 15.7. The highest BCUT2D eigenvalue weighted by atomic mass is 16.5. The zero-order valence-electron chi connectivity index (χ0n) is 19.2. The summed E-state index contributed by atoms with van der Waals surface area (Å²) in [6.07, 6.45) is 0.437. The predicted octanol–water partition coefficient (Wildman–Crippen LogP) is 5.71. The lowest BCUT2D eigenvalue weighted by molar-refractivity contribution is 0.220. The van der Waals surface area contributed by atoms with Gasteiger partial charge in [0.2, 0.25) is 0 Å². The lowest BCUT2D eigenvalue weighted by Gasteiger charge is -2.17. The summed E-state index contributed by atoms with van der Waals surface area (Å²) in [5.74, 6) is 1.97. The highest BCUT2D eigenvalue weighted by Gasteiger charge is 2.13. The number of pyridine rings is 1. The van der Waals surface area contributed by atoms with E-state index in [0.29, 0.717) is 34.9 Å². The van der Waals surface area contributed by atoms with E-state index in [1.165, 1.54) is 0 Å². The van der Waals surface area contributed by atoms with Crippen molar-refractivity contribution in [2.75, 3.05) is 6.61 Å². The Kier molecular flexibility index (Phi) is 7.14. The van der Waals surface area contributed by atoms with Gasteiger partial charge >= 0.3 is 0 Å². The van der Waals surface area contributed by atoms with Crippen molar-refractivity contribution in [1.82, 2.24) is 4.98 Å². The van der Waals surface area contributed by atoms with E-state index in [2.05, 4.69) is 4.98 Å². The molecule has 3 aromatic carbocycles. The molecule has 6 heteroatoms. The minimum Gasteiger partial charge on any atom is -0.489 e. The van der Waals surface area contributed by atoms with Crippen LogP contribution in [0.25, 0.3) is 10.9 Å². The fraction of sp³-hybridized carbons (Fsp3) is 0.214. The fourth-order valence-electron chi connectivity index (χ4n) is 3.82. The number of nitrogens with zero attached hydrogens (tertiary/aromatic N) is 1. The molecule has 0 aliphatic heterocycles. The average molecular weight is 455 g/mol. The number of benzene rings is 3. The number of para-hydroxylation sites is 2. The molecule has 1 aromatic heterocycles. The topological polar surface area (TPSA) is 84.3 Å². The SMILES string of the molecule is CCc1cccc(COc2cccc(OC(C)c3cc(=O)c4ccccc4[nH]3)c2)c1OCC#N. The van der Waals surface area contributed by atoms with Crippen LogP contribution in [-0.2, 0) is 13.0 Å². The minimum absolute atomic E-state index is 0.0118. The molecule has 34 heavy (non-hydrogen) atoms. The largest absolute Gasteiger partial charge is 0.489 e. The van der Waals surface area contributed by atoms with Crippen molar-refractivity contribution in [3.63, 3.8) is 0 Å². The highest BCUT2D eigenvalue weighted by molar-refractivity contribution is 5.78. The zero-order chi connectivity index (χ0) is 23.9. The summed E-state index contributed by atoms with van der Waals surface area (Å²) in [5, 5.41) is 9.55. The van der Waals surface area contributed by atoms with Crippen molar-refractivity contribution < 1.29 is 14.2 Å². The molecule has 0 bridgehead atoms. The average Bonchev–Trinajstić information content (AvgIpc) is 2.86. The van der Waals surface area contributed by atoms with Crippen LogP contribution in [-0.4, -0.2) is 11.6 Å². The summed E-state index contributed by atoms with van der Waals surface area (Å²) in [5.41, 5.74) is 3.35. The Morgan fingerprint density at radius 1 is 0.941 bits per heavy atom. The molecular formula is C28H26N2O4. The Morgan fingerprint density at radius 2 is 1.71 bits per heavy atom. The number of aryl methyl sites for hydroxylation is 1. The quantitative estimate of drug-likeness (QED) is 0.350. The molecule has 0 aliphatic rings. The number of rotatable bonds is 9. The molecule has 6 nitrogen and oxygen atoms in total. The normalized spacial score (nSPS) is 11.6. The van der Waals surface area contributed by atoms with E-state index in [-0.39, 0.29) is 18.1 Å². The van der Waals surface area contributed by atoms with E-state index in [9.17, 15) is 4.79 Å². The van der Waals surface area contributed by atoms with Crippen molar-refractivity contribution in [1.29, 1.82) is 5.26 Å². The van der Waals surface area contributed by atoms with E-state index in [1.807, 2.05) is 80.6 Å². The standard InChI is InChI=1S/C28H26N2O4/c1-3-20-8-6-9-21(28(20)32-15-14-29)18-33-22-10-7-11-23(16-22)34-19(2)26-17-27(31)24-12-4-5-13-25(24)30-26/h4-13,16-17,19H,3,15,18H2,1-2H3,(H,30,31). The van der Waals surface area contributed by atoms with Crippen molar-refractivity contribution >= 4 is 10.9 Å². The van der Waals surface area contributed by atoms with Crippen molar-refractivity contribution in [2.45, 2.75) is 33.0 Å². The Balaban J connectivity index is 1.48. The Morgan fingerprint density at radius 3 is 2.53 bits per heavy atom. The third-order valence-electron chi connectivity index (χ3n) is 5.55. The number of aromatic nitrogens is 1. The molecule has 0 amide bonds. The molecular weight excluding hydrogens is 428 g/mol. The van der Waals surface area contributed by atoms with Gasteiger partial charge in [0.25, 0.3) is 0 Å². The predicted molar refractivity (Wildman–Crippen MR) is 131 cm³/mol. The van der Waals surface area contributed by atoms with Gasteiger partial charge in [0.1, 0.15) is 36.0 Å². The highest BCUT2D eigenvalue weighted by Crippen LogP contribution is 2.28. The number of nitriles is 1. The third kappa shape index (κ3) is 5.21. The van der Waals surface area contributed by atoms with Crippen LogP contribution in [0.15, 0.2) is 77.6 Å². The van der Waals surface area contributed by atoms with Crippen LogP contribution in [0.5, 0.6) is 17.2 Å². The zero-order valence-corrected chi connectivity index (χ0v) is 19.2.